The van der Waals surface area contributed by atoms with Gasteiger partial charge in [-0.3, -0.25) is 9.59 Å². The van der Waals surface area contributed by atoms with Gasteiger partial charge in [-0.1, -0.05) is 73.2 Å². The summed E-state index contributed by atoms with van der Waals surface area (Å²) in [5.41, 5.74) is 2.04. The van der Waals surface area contributed by atoms with E-state index in [1.807, 2.05) is 60.0 Å². The van der Waals surface area contributed by atoms with E-state index in [4.69, 9.17) is 0 Å². The highest BCUT2D eigenvalue weighted by Gasteiger charge is 2.39. The van der Waals surface area contributed by atoms with Gasteiger partial charge >= 0.3 is 0 Å². The van der Waals surface area contributed by atoms with Crippen LogP contribution in [0.25, 0.3) is 0 Å². The Morgan fingerprint density at radius 3 is 2.21 bits per heavy atom. The van der Waals surface area contributed by atoms with Crippen LogP contribution >= 0.6 is 11.3 Å². The van der Waals surface area contributed by atoms with Crippen molar-refractivity contribution in [2.45, 2.75) is 30.7 Å². The highest BCUT2D eigenvalue weighted by Crippen LogP contribution is 2.43. The number of carbonyl (C=O) groups excluding carboxylic acids is 2. The molecule has 3 aromatic rings. The SMILES string of the molecule is O=C(NC(C(=O)NCC1(c2ccccc2)CCC1)c1ccccc1)c1cccs1. The van der Waals surface area contributed by atoms with Gasteiger partial charge < -0.3 is 10.6 Å². The molecule has 1 aromatic heterocycles. The zero-order valence-electron chi connectivity index (χ0n) is 16.1. The third kappa shape index (κ3) is 4.25. The summed E-state index contributed by atoms with van der Waals surface area (Å²) in [6, 6.07) is 22.7. The van der Waals surface area contributed by atoms with Crippen molar-refractivity contribution in [3.63, 3.8) is 0 Å². The van der Waals surface area contributed by atoms with Crippen molar-refractivity contribution in [3.8, 4) is 0 Å². The normalized spacial score (nSPS) is 15.7. The van der Waals surface area contributed by atoms with Crippen molar-refractivity contribution in [1.29, 1.82) is 0 Å². The summed E-state index contributed by atoms with van der Waals surface area (Å²) in [7, 11) is 0. The number of hydrogen-bond donors (Lipinski definition) is 2. The first-order chi connectivity index (χ1) is 14.2. The van der Waals surface area contributed by atoms with Crippen molar-refractivity contribution in [3.05, 3.63) is 94.2 Å². The molecule has 4 rings (SSSR count). The molecule has 0 bridgehead atoms. The van der Waals surface area contributed by atoms with E-state index < -0.39 is 6.04 Å². The summed E-state index contributed by atoms with van der Waals surface area (Å²) in [6.45, 7) is 0.577. The monoisotopic (exact) mass is 404 g/mol. The standard InChI is InChI=1S/C24H24N2O2S/c27-22(20-13-7-16-29-20)26-21(18-9-3-1-4-10-18)23(28)25-17-24(14-8-15-24)19-11-5-2-6-12-19/h1-7,9-13,16,21H,8,14-15,17H2,(H,25,28)(H,26,27). The van der Waals surface area contributed by atoms with Gasteiger partial charge in [0.15, 0.2) is 0 Å². The lowest BCUT2D eigenvalue weighted by Gasteiger charge is -2.43. The van der Waals surface area contributed by atoms with Gasteiger partial charge in [0.1, 0.15) is 6.04 Å². The quantitative estimate of drug-likeness (QED) is 0.611. The van der Waals surface area contributed by atoms with E-state index in [-0.39, 0.29) is 17.2 Å². The second-order valence-corrected chi connectivity index (χ2v) is 8.46. The highest BCUT2D eigenvalue weighted by atomic mass is 32.1. The molecule has 148 valence electrons. The molecule has 2 N–H and O–H groups in total. The van der Waals surface area contributed by atoms with E-state index in [1.54, 1.807) is 6.07 Å². The molecule has 1 fully saturated rings. The van der Waals surface area contributed by atoms with Gasteiger partial charge in [0.25, 0.3) is 5.91 Å². The number of thiophene rings is 1. The van der Waals surface area contributed by atoms with Crippen molar-refractivity contribution < 1.29 is 9.59 Å². The minimum absolute atomic E-state index is 0.00405. The zero-order valence-corrected chi connectivity index (χ0v) is 17.0. The molecule has 1 aliphatic rings. The number of rotatable bonds is 7. The Morgan fingerprint density at radius 2 is 1.62 bits per heavy atom. The number of benzene rings is 2. The Labute approximate surface area is 175 Å². The van der Waals surface area contributed by atoms with Gasteiger partial charge in [-0.2, -0.15) is 0 Å². The lowest BCUT2D eigenvalue weighted by molar-refractivity contribution is -0.123. The van der Waals surface area contributed by atoms with E-state index in [1.165, 1.54) is 23.3 Å². The number of hydrogen-bond acceptors (Lipinski definition) is 3. The van der Waals surface area contributed by atoms with E-state index in [2.05, 4.69) is 22.8 Å². The molecule has 1 aliphatic carbocycles. The summed E-state index contributed by atoms with van der Waals surface area (Å²) < 4.78 is 0. The fraction of sp³-hybridized carbons (Fsp3) is 0.250. The average Bonchev–Trinajstić information content (AvgIpc) is 3.27. The molecule has 0 aliphatic heterocycles. The van der Waals surface area contributed by atoms with Crippen LogP contribution in [0.3, 0.4) is 0 Å². The van der Waals surface area contributed by atoms with Crippen molar-refractivity contribution >= 4 is 23.2 Å². The average molecular weight is 405 g/mol. The van der Waals surface area contributed by atoms with Crippen LogP contribution in [0, 0.1) is 0 Å². The van der Waals surface area contributed by atoms with E-state index >= 15 is 0 Å². The van der Waals surface area contributed by atoms with E-state index in [0.717, 1.165) is 18.4 Å². The molecule has 2 amide bonds. The second-order valence-electron chi connectivity index (χ2n) is 7.51. The lowest BCUT2D eigenvalue weighted by Crippen LogP contribution is -2.48. The topological polar surface area (TPSA) is 58.2 Å². The fourth-order valence-corrected chi connectivity index (χ4v) is 4.50. The Bertz CT molecular complexity index is 951. The lowest BCUT2D eigenvalue weighted by atomic mass is 9.64. The van der Waals surface area contributed by atoms with Gasteiger partial charge in [0.2, 0.25) is 5.91 Å². The third-order valence-electron chi connectivity index (χ3n) is 5.71. The molecule has 1 unspecified atom stereocenters. The van der Waals surface area contributed by atoms with Crippen molar-refractivity contribution in [2.24, 2.45) is 0 Å². The molecule has 0 saturated heterocycles. The largest absolute Gasteiger partial charge is 0.353 e. The third-order valence-corrected chi connectivity index (χ3v) is 6.58. The van der Waals surface area contributed by atoms with Crippen LogP contribution in [-0.4, -0.2) is 18.4 Å². The molecule has 0 radical (unpaired) electrons. The summed E-state index contributed by atoms with van der Waals surface area (Å²) >= 11 is 1.36. The molecule has 1 atom stereocenters. The maximum Gasteiger partial charge on any atom is 0.262 e. The minimum atomic E-state index is -0.723. The molecule has 2 aromatic carbocycles. The number of nitrogens with one attached hydrogen (secondary N) is 2. The van der Waals surface area contributed by atoms with Gasteiger partial charge in [-0.15, -0.1) is 11.3 Å². The molecular weight excluding hydrogens is 380 g/mol. The maximum absolute atomic E-state index is 13.1. The summed E-state index contributed by atoms with van der Waals surface area (Å²) in [6.07, 6.45) is 3.30. The van der Waals surface area contributed by atoms with Crippen molar-refractivity contribution in [2.75, 3.05) is 6.54 Å². The first-order valence-corrected chi connectivity index (χ1v) is 10.8. The summed E-state index contributed by atoms with van der Waals surface area (Å²) in [5, 5.41) is 7.88. The molecular formula is C24H24N2O2S. The van der Waals surface area contributed by atoms with Gasteiger partial charge in [-0.25, -0.2) is 0 Å². The van der Waals surface area contributed by atoms with E-state index in [0.29, 0.717) is 11.4 Å². The second kappa shape index (κ2) is 8.62. The molecule has 4 nitrogen and oxygen atoms in total. The maximum atomic E-state index is 13.1. The fourth-order valence-electron chi connectivity index (χ4n) is 3.88. The van der Waals surface area contributed by atoms with Crippen LogP contribution in [0.2, 0.25) is 0 Å². The molecule has 29 heavy (non-hydrogen) atoms. The van der Waals surface area contributed by atoms with Gasteiger partial charge in [0, 0.05) is 12.0 Å². The summed E-state index contributed by atoms with van der Waals surface area (Å²) in [4.78, 5) is 26.3. The zero-order chi connectivity index (χ0) is 20.1. The minimum Gasteiger partial charge on any atom is -0.353 e. The van der Waals surface area contributed by atoms with E-state index in [9.17, 15) is 9.59 Å². The van der Waals surface area contributed by atoms with Crippen molar-refractivity contribution in [1.82, 2.24) is 10.6 Å². The van der Waals surface area contributed by atoms with Crippen LogP contribution in [0.15, 0.2) is 78.2 Å². The van der Waals surface area contributed by atoms with Crippen LogP contribution in [0.5, 0.6) is 0 Å². The Morgan fingerprint density at radius 1 is 0.931 bits per heavy atom. The van der Waals surface area contributed by atoms with Crippen LogP contribution in [0.4, 0.5) is 0 Å². The first-order valence-electron chi connectivity index (χ1n) is 9.91. The first kappa shape index (κ1) is 19.4. The number of amides is 2. The predicted molar refractivity (Wildman–Crippen MR) is 116 cm³/mol. The van der Waals surface area contributed by atoms with Crippen LogP contribution < -0.4 is 10.6 Å². The van der Waals surface area contributed by atoms with Crippen LogP contribution in [-0.2, 0) is 10.2 Å². The van der Waals surface area contributed by atoms with Gasteiger partial charge in [0.05, 0.1) is 4.88 Å². The predicted octanol–water partition coefficient (Wildman–Crippen LogP) is 4.46. The smallest absolute Gasteiger partial charge is 0.262 e. The Kier molecular flexibility index (Phi) is 5.76. The van der Waals surface area contributed by atoms with Gasteiger partial charge in [-0.05, 0) is 35.4 Å². The Balaban J connectivity index is 1.50. The number of carbonyl (C=O) groups is 2. The Hall–Kier alpha value is -2.92. The van der Waals surface area contributed by atoms with Crippen LogP contribution in [0.1, 0.15) is 46.1 Å². The molecule has 1 heterocycles. The molecule has 0 spiro atoms. The summed E-state index contributed by atoms with van der Waals surface area (Å²) in [5.74, 6) is -0.409. The molecule has 5 heteroatoms. The highest BCUT2D eigenvalue weighted by molar-refractivity contribution is 7.12. The molecule has 1 saturated carbocycles.